The van der Waals surface area contributed by atoms with Gasteiger partial charge in [0, 0.05) is 165 Å². The van der Waals surface area contributed by atoms with Crippen molar-refractivity contribution in [3.05, 3.63) is 309 Å². The number of H-pyrrole nitrogens is 1. The molecular formula is C77H79BrN16O. The summed E-state index contributed by atoms with van der Waals surface area (Å²) in [4.78, 5) is 60.2. The van der Waals surface area contributed by atoms with Crippen LogP contribution in [0.1, 0.15) is 93.3 Å². The summed E-state index contributed by atoms with van der Waals surface area (Å²) in [5.41, 5.74) is 19.2. The Morgan fingerprint density at radius 2 is 0.905 bits per heavy atom. The molecule has 10 aromatic heterocycles. The standard InChI is InChI=1S/C18H19N3.C17H16BrN3.C17H17N3.C9H11N3.C9H9N3.C7H7NO/c1-13-6-4-5-7-17(13)12-21-15(3)10-20-18(21)16-9-8-14(2)19-11-16;1-12-5-3-4-6-15(12)11-21-16(18)10-20-17(21)14-8-7-13(2)19-9-14;1-13-5-3-4-6-16(13)12-20-10-9-18-17(20)15-8-7-14(2)19-11-15;2*1-7-2-3-8(6-12-7)9-10-4-5-11-9;1-6-2-3-7(5-9)4-8-6/h4-11H,12H2,1-3H3;3-10H,11H2,1-2H3;3-11H,12H2,1-2H3;2-3,6H,4-5H2,1H3,(H,10,11);2-6H,1H3,(H,10,11);2-5H,1H3/i3D3;;;;;. The number of halogens is 1. The summed E-state index contributed by atoms with van der Waals surface area (Å²) >= 11 is 3.59. The fourth-order valence-corrected chi connectivity index (χ4v) is 10.1. The van der Waals surface area contributed by atoms with E-state index in [0.29, 0.717) is 17.9 Å². The topological polar surface area (TPSA) is 201 Å². The van der Waals surface area contributed by atoms with Crippen molar-refractivity contribution in [2.45, 2.75) is 88.8 Å². The molecule has 11 heterocycles. The molecule has 0 amide bonds. The zero-order valence-corrected chi connectivity index (χ0v) is 56.5. The number of imidazole rings is 4. The summed E-state index contributed by atoms with van der Waals surface area (Å²) in [5, 5.41) is 3.20. The number of carbonyl (C=O) groups is 1. The summed E-state index contributed by atoms with van der Waals surface area (Å²) in [7, 11) is 0. The Morgan fingerprint density at radius 1 is 0.453 bits per heavy atom. The van der Waals surface area contributed by atoms with E-state index in [1.807, 2.05) is 171 Å². The highest BCUT2D eigenvalue weighted by Crippen LogP contribution is 2.26. The highest BCUT2D eigenvalue weighted by Gasteiger charge is 2.15. The molecule has 17 nitrogen and oxygen atoms in total. The maximum atomic E-state index is 10.1. The number of rotatable bonds is 12. The maximum absolute atomic E-state index is 10.1. The van der Waals surface area contributed by atoms with Gasteiger partial charge in [-0.15, -0.1) is 0 Å². The van der Waals surface area contributed by atoms with Crippen LogP contribution in [0.3, 0.4) is 0 Å². The lowest BCUT2D eigenvalue weighted by Gasteiger charge is -2.12. The number of aromatic amines is 1. The van der Waals surface area contributed by atoms with Gasteiger partial charge >= 0.3 is 0 Å². The van der Waals surface area contributed by atoms with Gasteiger partial charge in [0.2, 0.25) is 0 Å². The Balaban J connectivity index is 0.000000142. The first-order chi connectivity index (χ1) is 47.3. The number of hydrogen-bond acceptors (Lipinski definition) is 13. The number of aldehydes is 1. The second kappa shape index (κ2) is 34.1. The lowest BCUT2D eigenvalue weighted by Crippen LogP contribution is -2.19. The fourth-order valence-electron chi connectivity index (χ4n) is 9.67. The van der Waals surface area contributed by atoms with Gasteiger partial charge in [-0.05, 0) is 191 Å². The Morgan fingerprint density at radius 3 is 1.35 bits per heavy atom. The molecule has 0 spiro atoms. The van der Waals surface area contributed by atoms with Crippen LogP contribution in [0.4, 0.5) is 0 Å². The van der Waals surface area contributed by atoms with Crippen LogP contribution in [0.15, 0.2) is 230 Å². The van der Waals surface area contributed by atoms with Crippen molar-refractivity contribution in [2.75, 3.05) is 13.1 Å². The summed E-state index contributed by atoms with van der Waals surface area (Å²) in [5.74, 6) is 4.35. The van der Waals surface area contributed by atoms with Crippen molar-refractivity contribution in [2.24, 2.45) is 4.99 Å². The molecule has 0 atom stereocenters. The van der Waals surface area contributed by atoms with Gasteiger partial charge in [0.1, 0.15) is 33.7 Å². The molecule has 95 heavy (non-hydrogen) atoms. The number of amidine groups is 1. The minimum Gasteiger partial charge on any atom is -0.368 e. The number of benzene rings is 3. The summed E-state index contributed by atoms with van der Waals surface area (Å²) in [6.07, 6.45) is 22.2. The molecule has 0 aliphatic carbocycles. The molecule has 1 aliphatic heterocycles. The molecule has 1 aliphatic rings. The Kier molecular flexibility index (Phi) is 23.0. The zero-order chi connectivity index (χ0) is 69.6. The minimum atomic E-state index is -2.22. The Bertz CT molecular complexity index is 4660. The van der Waals surface area contributed by atoms with E-state index in [-0.39, 0.29) is 5.69 Å². The number of hydrogen-bond donors (Lipinski definition) is 2. The van der Waals surface area contributed by atoms with Gasteiger partial charge in [0.25, 0.3) is 0 Å². The predicted octanol–water partition coefficient (Wildman–Crippen LogP) is 15.6. The van der Waals surface area contributed by atoms with E-state index >= 15 is 0 Å². The van der Waals surface area contributed by atoms with E-state index in [1.165, 1.54) is 28.5 Å². The molecule has 0 saturated carbocycles. The van der Waals surface area contributed by atoms with E-state index < -0.39 is 6.85 Å². The number of nitrogens with one attached hydrogen (secondary N) is 2. The van der Waals surface area contributed by atoms with Crippen LogP contribution in [-0.2, 0) is 19.6 Å². The molecule has 0 saturated heterocycles. The molecule has 13 aromatic rings. The Labute approximate surface area is 569 Å². The molecule has 0 unspecified atom stereocenters. The van der Waals surface area contributed by atoms with E-state index in [1.54, 1.807) is 35.4 Å². The van der Waals surface area contributed by atoms with Crippen LogP contribution >= 0.6 is 15.9 Å². The van der Waals surface area contributed by atoms with E-state index in [4.69, 9.17) is 4.11 Å². The second-order valence-corrected chi connectivity index (χ2v) is 23.4. The maximum Gasteiger partial charge on any atom is 0.151 e. The number of carbonyl (C=O) groups excluding carboxylic acids is 1. The van der Waals surface area contributed by atoms with Crippen LogP contribution in [0.5, 0.6) is 0 Å². The van der Waals surface area contributed by atoms with E-state index in [9.17, 15) is 4.79 Å². The monoisotopic (exact) mass is 1330 g/mol. The number of aliphatic imine (C=N–C) groups is 1. The fraction of sp³-hybridized carbons (Fsp3) is 0.195. The normalized spacial score (nSPS) is 11.7. The largest absolute Gasteiger partial charge is 0.368 e. The lowest BCUT2D eigenvalue weighted by molar-refractivity contribution is 0.112. The van der Waals surface area contributed by atoms with Crippen LogP contribution < -0.4 is 5.32 Å². The van der Waals surface area contributed by atoms with Gasteiger partial charge in [-0.1, -0.05) is 72.8 Å². The van der Waals surface area contributed by atoms with Crippen molar-refractivity contribution in [1.29, 1.82) is 0 Å². The number of aryl methyl sites for hydroxylation is 10. The van der Waals surface area contributed by atoms with Gasteiger partial charge in [-0.3, -0.25) is 39.7 Å². The summed E-state index contributed by atoms with van der Waals surface area (Å²) in [6.45, 7) is 19.7. The average molecular weight is 1330 g/mol. The van der Waals surface area contributed by atoms with E-state index in [0.717, 1.165) is 133 Å². The van der Waals surface area contributed by atoms with Gasteiger partial charge in [0.15, 0.2) is 6.29 Å². The molecule has 0 radical (unpaired) electrons. The third-order valence-electron chi connectivity index (χ3n) is 15.3. The van der Waals surface area contributed by atoms with Crippen LogP contribution in [0, 0.1) is 69.2 Å². The molecule has 3 aromatic carbocycles. The van der Waals surface area contributed by atoms with Gasteiger partial charge in [0.05, 0.1) is 19.3 Å². The van der Waals surface area contributed by atoms with Crippen molar-refractivity contribution < 1.29 is 8.91 Å². The number of pyridine rings is 6. The summed E-state index contributed by atoms with van der Waals surface area (Å²) in [6, 6.07) is 48.4. The third kappa shape index (κ3) is 19.8. The highest BCUT2D eigenvalue weighted by atomic mass is 79.9. The van der Waals surface area contributed by atoms with Crippen molar-refractivity contribution in [3.8, 4) is 45.6 Å². The highest BCUT2D eigenvalue weighted by molar-refractivity contribution is 9.10. The van der Waals surface area contributed by atoms with Crippen LogP contribution in [0.2, 0.25) is 0 Å². The van der Waals surface area contributed by atoms with Crippen molar-refractivity contribution in [1.82, 2.24) is 73.8 Å². The van der Waals surface area contributed by atoms with Gasteiger partial charge in [-0.2, -0.15) is 0 Å². The Hall–Kier alpha value is -11.0. The second-order valence-electron chi connectivity index (χ2n) is 22.6. The molecule has 0 bridgehead atoms. The number of aromatic nitrogens is 14. The quantitative estimate of drug-likeness (QED) is 0.110. The SMILES string of the molecule is Cc1ccc(-c2ncc(Br)n2Cc2ccccc2C)cn1.Cc1ccc(-c2ncc[nH]2)cn1.Cc1ccc(-c2nccn2Cc2ccccc2C)cn1.Cc1ccc(C2=NCCN2)cn1.Cc1ccc(C=O)cn1.[2H]C([2H])([2H])c1cnc(-c2ccc(C)nc2)n1Cc1ccccc1C. The summed E-state index contributed by atoms with van der Waals surface area (Å²) < 4.78 is 30.5. The molecule has 0 fully saturated rings. The van der Waals surface area contributed by atoms with Gasteiger partial charge in [-0.25, -0.2) is 19.9 Å². The third-order valence-corrected chi connectivity index (χ3v) is 15.9. The average Bonchev–Trinajstić information content (AvgIpc) is 1.63. The molecule has 18 heteroatoms. The van der Waals surface area contributed by atoms with Crippen LogP contribution in [0.25, 0.3) is 45.6 Å². The predicted molar refractivity (Wildman–Crippen MR) is 383 cm³/mol. The minimum absolute atomic E-state index is 0.237. The zero-order valence-electron chi connectivity index (χ0n) is 57.9. The van der Waals surface area contributed by atoms with Crippen molar-refractivity contribution in [3.63, 3.8) is 0 Å². The number of nitrogens with zero attached hydrogens (tertiary/aromatic N) is 14. The molecule has 2 N–H and O–H groups in total. The first kappa shape index (κ1) is 64.1. The first-order valence-electron chi connectivity index (χ1n) is 32.5. The van der Waals surface area contributed by atoms with Crippen molar-refractivity contribution >= 4 is 28.1 Å². The molecular weight excluding hydrogens is 1240 g/mol. The van der Waals surface area contributed by atoms with Crippen LogP contribution in [-0.4, -0.2) is 93.7 Å². The molecule has 480 valence electrons. The first-order valence-corrected chi connectivity index (χ1v) is 31.8. The lowest BCUT2D eigenvalue weighted by atomic mass is 10.1. The van der Waals surface area contributed by atoms with Gasteiger partial charge < -0.3 is 24.0 Å². The smallest absolute Gasteiger partial charge is 0.151 e. The molecule has 14 rings (SSSR count). The van der Waals surface area contributed by atoms with E-state index in [2.05, 4.69) is 165 Å².